The quantitative estimate of drug-likeness (QED) is 0.579. The molecule has 8 heteroatoms. The van der Waals surface area contributed by atoms with Crippen LogP contribution in [0, 0.1) is 10.1 Å². The van der Waals surface area contributed by atoms with Gasteiger partial charge in [-0.25, -0.2) is 4.79 Å². The molecule has 0 fully saturated rings. The molecule has 1 atom stereocenters. The van der Waals surface area contributed by atoms with Crippen molar-refractivity contribution in [2.45, 2.75) is 19.4 Å². The van der Waals surface area contributed by atoms with Gasteiger partial charge in [0.15, 0.2) is 0 Å². The van der Waals surface area contributed by atoms with Gasteiger partial charge >= 0.3 is 17.3 Å². The van der Waals surface area contributed by atoms with E-state index in [2.05, 4.69) is 4.98 Å². The number of aromatic nitrogens is 2. The number of carbonyl (C=O) groups is 1. The highest BCUT2D eigenvalue weighted by molar-refractivity contribution is 5.67. The van der Waals surface area contributed by atoms with Gasteiger partial charge in [-0.2, -0.15) is 4.98 Å². The second kappa shape index (κ2) is 4.51. The van der Waals surface area contributed by atoms with Gasteiger partial charge < -0.3 is 5.11 Å². The van der Waals surface area contributed by atoms with Crippen molar-refractivity contribution in [3.63, 3.8) is 0 Å². The lowest BCUT2D eigenvalue weighted by Crippen LogP contribution is -2.26. The molecular formula is C8H9N3O5. The van der Waals surface area contributed by atoms with E-state index in [1.54, 1.807) is 0 Å². The molecule has 0 bridgehead atoms. The van der Waals surface area contributed by atoms with Crippen molar-refractivity contribution in [3.05, 3.63) is 33.0 Å². The summed E-state index contributed by atoms with van der Waals surface area (Å²) in [7, 11) is 0. The maximum absolute atomic E-state index is 11.3. The summed E-state index contributed by atoms with van der Waals surface area (Å²) in [6.07, 6.45) is 1.53. The summed E-state index contributed by atoms with van der Waals surface area (Å²) in [5, 5.41) is 19.0. The van der Waals surface area contributed by atoms with Crippen LogP contribution in [-0.4, -0.2) is 25.6 Å². The number of hydrogen-bond donors (Lipinski definition) is 1. The van der Waals surface area contributed by atoms with Gasteiger partial charge in [-0.05, 0) is 6.92 Å². The molecule has 1 aromatic rings. The molecule has 1 N–H and O–H groups in total. The van der Waals surface area contributed by atoms with Crippen molar-refractivity contribution in [2.75, 3.05) is 0 Å². The largest absolute Gasteiger partial charge is 0.481 e. The third kappa shape index (κ3) is 2.62. The second-order valence-electron chi connectivity index (χ2n) is 3.21. The van der Waals surface area contributed by atoms with E-state index >= 15 is 0 Å². The smallest absolute Gasteiger partial charge is 0.348 e. The first kappa shape index (κ1) is 11.8. The number of hydrogen-bond acceptors (Lipinski definition) is 5. The minimum Gasteiger partial charge on any atom is -0.481 e. The molecule has 16 heavy (non-hydrogen) atoms. The van der Waals surface area contributed by atoms with Crippen LogP contribution in [0.3, 0.4) is 0 Å². The fourth-order valence-electron chi connectivity index (χ4n) is 1.18. The third-order valence-electron chi connectivity index (χ3n) is 1.96. The molecule has 1 rings (SSSR count). The predicted molar refractivity (Wildman–Crippen MR) is 52.1 cm³/mol. The van der Waals surface area contributed by atoms with E-state index < -0.39 is 22.6 Å². The minimum atomic E-state index is -1.09. The zero-order valence-electron chi connectivity index (χ0n) is 8.36. The molecule has 1 unspecified atom stereocenters. The molecule has 0 saturated heterocycles. The highest BCUT2D eigenvalue weighted by Crippen LogP contribution is 2.11. The van der Waals surface area contributed by atoms with Crippen LogP contribution in [0.1, 0.15) is 19.4 Å². The summed E-state index contributed by atoms with van der Waals surface area (Å²) in [4.78, 5) is 34.7. The maximum Gasteiger partial charge on any atom is 0.348 e. The van der Waals surface area contributed by atoms with Crippen molar-refractivity contribution >= 4 is 11.7 Å². The zero-order chi connectivity index (χ0) is 12.3. The molecule has 8 nitrogen and oxygen atoms in total. The Hall–Kier alpha value is -2.25. The standard InChI is InChI=1S/C8H9N3O5/c1-5(2-7(12)13)10-4-6(11(15)16)3-9-8(10)14/h3-5H,2H2,1H3,(H,12,13). The average Bonchev–Trinajstić information content (AvgIpc) is 2.16. The SMILES string of the molecule is CC(CC(=O)O)n1cc([N+](=O)[O-])cnc1=O. The lowest BCUT2D eigenvalue weighted by molar-refractivity contribution is -0.385. The van der Waals surface area contributed by atoms with Crippen molar-refractivity contribution in [3.8, 4) is 0 Å². The summed E-state index contributed by atoms with van der Waals surface area (Å²) in [6, 6.07) is -0.683. The van der Waals surface area contributed by atoms with Gasteiger partial charge in [-0.15, -0.1) is 0 Å². The Bertz CT molecular complexity index is 481. The zero-order valence-corrected chi connectivity index (χ0v) is 8.36. The van der Waals surface area contributed by atoms with Gasteiger partial charge in [0, 0.05) is 6.04 Å². The van der Waals surface area contributed by atoms with Crippen LogP contribution in [0.25, 0.3) is 0 Å². The highest BCUT2D eigenvalue weighted by Gasteiger charge is 2.15. The maximum atomic E-state index is 11.3. The molecular weight excluding hydrogens is 218 g/mol. The Kier molecular flexibility index (Phi) is 3.33. The second-order valence-corrected chi connectivity index (χ2v) is 3.21. The van der Waals surface area contributed by atoms with Gasteiger partial charge in [0.05, 0.1) is 17.5 Å². The first-order valence-corrected chi connectivity index (χ1v) is 4.36. The topological polar surface area (TPSA) is 115 Å². The van der Waals surface area contributed by atoms with Crippen molar-refractivity contribution in [1.29, 1.82) is 0 Å². The van der Waals surface area contributed by atoms with Crippen LogP contribution in [0.4, 0.5) is 5.69 Å². The molecule has 1 heterocycles. The first-order valence-electron chi connectivity index (χ1n) is 4.36. The Morgan fingerprint density at radius 2 is 2.38 bits per heavy atom. The molecule has 0 radical (unpaired) electrons. The third-order valence-corrected chi connectivity index (χ3v) is 1.96. The average molecular weight is 227 g/mol. The van der Waals surface area contributed by atoms with Gasteiger partial charge in [0.2, 0.25) is 0 Å². The number of carboxylic acids is 1. The Labute approximate surface area is 89.3 Å². The van der Waals surface area contributed by atoms with Crippen molar-refractivity contribution < 1.29 is 14.8 Å². The van der Waals surface area contributed by atoms with Gasteiger partial charge in [-0.3, -0.25) is 19.5 Å². The van der Waals surface area contributed by atoms with E-state index in [1.165, 1.54) is 6.92 Å². The van der Waals surface area contributed by atoms with E-state index in [9.17, 15) is 19.7 Å². The molecule has 0 aromatic carbocycles. The fourth-order valence-corrected chi connectivity index (χ4v) is 1.18. The predicted octanol–water partition coefficient (Wildman–Crippen LogP) is 0.187. The summed E-state index contributed by atoms with van der Waals surface area (Å²) in [5.41, 5.74) is -1.06. The highest BCUT2D eigenvalue weighted by atomic mass is 16.6. The molecule has 0 aliphatic rings. The van der Waals surface area contributed by atoms with E-state index in [-0.39, 0.29) is 12.1 Å². The number of nitro groups is 1. The molecule has 0 aliphatic heterocycles. The summed E-state index contributed by atoms with van der Waals surface area (Å²) in [5.74, 6) is -1.09. The van der Waals surface area contributed by atoms with Gasteiger partial charge in [-0.1, -0.05) is 0 Å². The summed E-state index contributed by atoms with van der Waals surface area (Å²) >= 11 is 0. The number of nitrogens with zero attached hydrogens (tertiary/aromatic N) is 3. The van der Waals surface area contributed by atoms with Crippen LogP contribution < -0.4 is 5.69 Å². The number of carboxylic acid groups (broad SMARTS) is 1. The molecule has 0 amide bonds. The van der Waals surface area contributed by atoms with E-state index in [0.29, 0.717) is 0 Å². The first-order chi connectivity index (χ1) is 7.41. The van der Waals surface area contributed by atoms with Crippen molar-refractivity contribution in [2.24, 2.45) is 0 Å². The Morgan fingerprint density at radius 3 is 2.88 bits per heavy atom. The molecule has 0 spiro atoms. The number of rotatable bonds is 4. The monoisotopic (exact) mass is 227 g/mol. The van der Waals surface area contributed by atoms with Crippen LogP contribution >= 0.6 is 0 Å². The normalized spacial score (nSPS) is 12.1. The van der Waals surface area contributed by atoms with Crippen molar-refractivity contribution in [1.82, 2.24) is 9.55 Å². The molecule has 1 aromatic heterocycles. The minimum absolute atomic E-state index is 0.303. The van der Waals surface area contributed by atoms with E-state index in [1.807, 2.05) is 0 Å². The van der Waals surface area contributed by atoms with Gasteiger partial charge in [0.1, 0.15) is 6.20 Å². The lowest BCUT2D eigenvalue weighted by atomic mass is 10.2. The Morgan fingerprint density at radius 1 is 1.75 bits per heavy atom. The molecule has 86 valence electrons. The summed E-state index contributed by atoms with van der Waals surface area (Å²) < 4.78 is 0.937. The van der Waals surface area contributed by atoms with Crippen LogP contribution in [0.15, 0.2) is 17.2 Å². The molecule has 0 saturated carbocycles. The van der Waals surface area contributed by atoms with Gasteiger partial charge in [0.25, 0.3) is 0 Å². The Balaban J connectivity index is 3.11. The van der Waals surface area contributed by atoms with Crippen LogP contribution in [0.2, 0.25) is 0 Å². The fraction of sp³-hybridized carbons (Fsp3) is 0.375. The van der Waals surface area contributed by atoms with E-state index in [0.717, 1.165) is 17.0 Å². The summed E-state index contributed by atoms with van der Waals surface area (Å²) in [6.45, 7) is 1.47. The molecule has 0 aliphatic carbocycles. The van der Waals surface area contributed by atoms with E-state index in [4.69, 9.17) is 5.11 Å². The van der Waals surface area contributed by atoms with Crippen LogP contribution in [-0.2, 0) is 4.79 Å². The number of aliphatic carboxylic acids is 1. The lowest BCUT2D eigenvalue weighted by Gasteiger charge is -2.10. The van der Waals surface area contributed by atoms with Crippen LogP contribution in [0.5, 0.6) is 0 Å².